The second-order valence-corrected chi connectivity index (χ2v) is 6.55. The number of hydrogen-bond acceptors (Lipinski definition) is 2. The fourth-order valence-electron chi connectivity index (χ4n) is 3.26. The van der Waals surface area contributed by atoms with Gasteiger partial charge >= 0.3 is 0 Å². The molecule has 4 nitrogen and oxygen atoms in total. The first-order valence-electron chi connectivity index (χ1n) is 9.06. The molecule has 1 heterocycles. The van der Waals surface area contributed by atoms with Gasteiger partial charge in [-0.05, 0) is 56.4 Å². The standard InChI is InChI=1S/C21H24N2O2/c24-20-10-4-5-16-23(20)19-13-11-17(12-14-19)7-6-15-22-21(25)18-8-2-1-3-9-18/h1-2,11-14,18H,3-5,8-10,15-16H2,(H,22,25). The molecule has 0 bridgehead atoms. The third-order valence-electron chi connectivity index (χ3n) is 4.73. The van der Waals surface area contributed by atoms with E-state index in [4.69, 9.17) is 0 Å². The number of nitrogens with zero attached hydrogens (tertiary/aromatic N) is 1. The summed E-state index contributed by atoms with van der Waals surface area (Å²) in [4.78, 5) is 25.8. The molecule has 130 valence electrons. The number of nitrogens with one attached hydrogen (secondary N) is 1. The van der Waals surface area contributed by atoms with Crippen LogP contribution in [-0.2, 0) is 9.59 Å². The summed E-state index contributed by atoms with van der Waals surface area (Å²) in [5.74, 6) is 6.45. The van der Waals surface area contributed by atoms with E-state index in [1.807, 2.05) is 29.2 Å². The fourth-order valence-corrected chi connectivity index (χ4v) is 3.26. The van der Waals surface area contributed by atoms with Gasteiger partial charge < -0.3 is 10.2 Å². The highest BCUT2D eigenvalue weighted by Gasteiger charge is 2.19. The Morgan fingerprint density at radius 1 is 1.20 bits per heavy atom. The summed E-state index contributed by atoms with van der Waals surface area (Å²) in [6.07, 6.45) is 9.63. The van der Waals surface area contributed by atoms with Crippen LogP contribution in [0.2, 0.25) is 0 Å². The molecule has 2 amide bonds. The van der Waals surface area contributed by atoms with Gasteiger partial charge in [0, 0.05) is 30.1 Å². The van der Waals surface area contributed by atoms with E-state index in [0.717, 1.165) is 49.9 Å². The van der Waals surface area contributed by atoms with Crippen LogP contribution in [0.5, 0.6) is 0 Å². The summed E-state index contributed by atoms with van der Waals surface area (Å²) in [5.41, 5.74) is 1.83. The number of hydrogen-bond donors (Lipinski definition) is 1. The molecule has 1 unspecified atom stereocenters. The number of benzene rings is 1. The molecule has 1 aliphatic carbocycles. The summed E-state index contributed by atoms with van der Waals surface area (Å²) in [6, 6.07) is 7.75. The average molecular weight is 336 g/mol. The molecule has 1 N–H and O–H groups in total. The maximum Gasteiger partial charge on any atom is 0.226 e. The van der Waals surface area contributed by atoms with Crippen LogP contribution < -0.4 is 10.2 Å². The van der Waals surface area contributed by atoms with Gasteiger partial charge in [-0.15, -0.1) is 0 Å². The van der Waals surface area contributed by atoms with Crippen molar-refractivity contribution >= 4 is 17.5 Å². The number of allylic oxidation sites excluding steroid dienone is 2. The minimum atomic E-state index is 0.0909. The molecule has 0 spiro atoms. The van der Waals surface area contributed by atoms with Crippen LogP contribution in [0.3, 0.4) is 0 Å². The Balaban J connectivity index is 1.50. The molecule has 25 heavy (non-hydrogen) atoms. The van der Waals surface area contributed by atoms with Gasteiger partial charge in [-0.25, -0.2) is 0 Å². The second kappa shape index (κ2) is 8.53. The van der Waals surface area contributed by atoms with Crippen LogP contribution in [-0.4, -0.2) is 24.9 Å². The highest BCUT2D eigenvalue weighted by Crippen LogP contribution is 2.21. The summed E-state index contributed by atoms with van der Waals surface area (Å²) in [6.45, 7) is 1.16. The number of piperidine rings is 1. The molecule has 1 aromatic carbocycles. The lowest BCUT2D eigenvalue weighted by molar-refractivity contribution is -0.125. The Labute approximate surface area is 149 Å². The van der Waals surface area contributed by atoms with E-state index >= 15 is 0 Å². The molecule has 1 aromatic rings. The molecule has 1 fully saturated rings. The van der Waals surface area contributed by atoms with Gasteiger partial charge in [0.25, 0.3) is 0 Å². The Morgan fingerprint density at radius 3 is 2.76 bits per heavy atom. The Morgan fingerprint density at radius 2 is 2.04 bits per heavy atom. The third kappa shape index (κ3) is 4.73. The van der Waals surface area contributed by atoms with Gasteiger partial charge in [-0.1, -0.05) is 24.0 Å². The first-order chi connectivity index (χ1) is 12.2. The van der Waals surface area contributed by atoms with Crippen LogP contribution in [0, 0.1) is 17.8 Å². The van der Waals surface area contributed by atoms with Gasteiger partial charge in [0.1, 0.15) is 0 Å². The van der Waals surface area contributed by atoms with E-state index in [1.54, 1.807) is 0 Å². The molecule has 0 radical (unpaired) electrons. The monoisotopic (exact) mass is 336 g/mol. The van der Waals surface area contributed by atoms with Crippen molar-refractivity contribution in [2.75, 3.05) is 18.0 Å². The summed E-state index contributed by atoms with van der Waals surface area (Å²) < 4.78 is 0. The van der Waals surface area contributed by atoms with E-state index in [0.29, 0.717) is 13.0 Å². The number of carbonyl (C=O) groups excluding carboxylic acids is 2. The minimum absolute atomic E-state index is 0.0909. The molecular formula is C21H24N2O2. The highest BCUT2D eigenvalue weighted by atomic mass is 16.2. The summed E-state index contributed by atoms with van der Waals surface area (Å²) >= 11 is 0. The van der Waals surface area contributed by atoms with E-state index in [9.17, 15) is 9.59 Å². The Hall–Kier alpha value is -2.54. The van der Waals surface area contributed by atoms with Crippen LogP contribution in [0.15, 0.2) is 36.4 Å². The van der Waals surface area contributed by atoms with Crippen LogP contribution in [0.25, 0.3) is 0 Å². The lowest BCUT2D eigenvalue weighted by Gasteiger charge is -2.26. The lowest BCUT2D eigenvalue weighted by Crippen LogP contribution is -2.35. The van der Waals surface area contributed by atoms with E-state index in [-0.39, 0.29) is 17.7 Å². The zero-order valence-corrected chi connectivity index (χ0v) is 14.5. The van der Waals surface area contributed by atoms with E-state index < -0.39 is 0 Å². The van der Waals surface area contributed by atoms with Crippen molar-refractivity contribution in [3.05, 3.63) is 42.0 Å². The molecule has 1 saturated heterocycles. The van der Waals surface area contributed by atoms with Crippen LogP contribution >= 0.6 is 0 Å². The van der Waals surface area contributed by atoms with E-state index in [1.165, 1.54) is 0 Å². The van der Waals surface area contributed by atoms with Crippen LogP contribution in [0.1, 0.15) is 44.1 Å². The predicted molar refractivity (Wildman–Crippen MR) is 99.0 cm³/mol. The highest BCUT2D eigenvalue weighted by molar-refractivity contribution is 5.94. The summed E-state index contributed by atoms with van der Waals surface area (Å²) in [7, 11) is 0. The molecule has 4 heteroatoms. The number of carbonyl (C=O) groups is 2. The maximum absolute atomic E-state index is 12.0. The first kappa shape index (κ1) is 17.3. The molecular weight excluding hydrogens is 312 g/mol. The fraction of sp³-hybridized carbons (Fsp3) is 0.429. The third-order valence-corrected chi connectivity index (χ3v) is 4.73. The quantitative estimate of drug-likeness (QED) is 0.681. The smallest absolute Gasteiger partial charge is 0.226 e. The first-order valence-corrected chi connectivity index (χ1v) is 9.06. The van der Waals surface area contributed by atoms with Gasteiger partial charge in [-0.3, -0.25) is 9.59 Å². The number of anilines is 1. The molecule has 2 aliphatic rings. The molecule has 3 rings (SSSR count). The van der Waals surface area contributed by atoms with Crippen molar-refractivity contribution in [2.24, 2.45) is 5.92 Å². The molecule has 0 aromatic heterocycles. The van der Waals surface area contributed by atoms with Crippen molar-refractivity contribution in [2.45, 2.75) is 38.5 Å². The van der Waals surface area contributed by atoms with E-state index in [2.05, 4.69) is 29.3 Å². The topological polar surface area (TPSA) is 49.4 Å². The van der Waals surface area contributed by atoms with Crippen molar-refractivity contribution in [1.82, 2.24) is 5.32 Å². The van der Waals surface area contributed by atoms with Gasteiger partial charge in [-0.2, -0.15) is 0 Å². The SMILES string of the molecule is O=C(NCC#Cc1ccc(N2CCCCC2=O)cc1)C1CC=CCC1. The summed E-state index contributed by atoms with van der Waals surface area (Å²) in [5, 5.41) is 2.89. The van der Waals surface area contributed by atoms with Gasteiger partial charge in [0.2, 0.25) is 11.8 Å². The minimum Gasteiger partial charge on any atom is -0.345 e. The molecule has 0 saturated carbocycles. The Kier molecular flexibility index (Phi) is 5.90. The van der Waals surface area contributed by atoms with Crippen molar-refractivity contribution < 1.29 is 9.59 Å². The average Bonchev–Trinajstić information content (AvgIpc) is 2.67. The molecule has 1 atom stereocenters. The normalized spacial score (nSPS) is 19.9. The second-order valence-electron chi connectivity index (χ2n) is 6.55. The van der Waals surface area contributed by atoms with Gasteiger partial charge in [0.15, 0.2) is 0 Å². The molecule has 1 aliphatic heterocycles. The Bertz CT molecular complexity index is 710. The maximum atomic E-state index is 12.0. The number of rotatable bonds is 3. The predicted octanol–water partition coefficient (Wildman–Crippen LogP) is 3.03. The lowest BCUT2D eigenvalue weighted by atomic mass is 9.94. The van der Waals surface area contributed by atoms with Crippen molar-refractivity contribution in [3.8, 4) is 11.8 Å². The van der Waals surface area contributed by atoms with Gasteiger partial charge in [0.05, 0.1) is 6.54 Å². The zero-order chi connectivity index (χ0) is 17.5. The number of amides is 2. The van der Waals surface area contributed by atoms with Crippen molar-refractivity contribution in [1.29, 1.82) is 0 Å². The zero-order valence-electron chi connectivity index (χ0n) is 14.5. The van der Waals surface area contributed by atoms with Crippen molar-refractivity contribution in [3.63, 3.8) is 0 Å². The van der Waals surface area contributed by atoms with Crippen LogP contribution in [0.4, 0.5) is 5.69 Å². The largest absolute Gasteiger partial charge is 0.345 e.